The van der Waals surface area contributed by atoms with Crippen molar-refractivity contribution in [2.75, 3.05) is 14.1 Å². The quantitative estimate of drug-likeness (QED) is 0.625. The lowest BCUT2D eigenvalue weighted by atomic mass is 10.1. The van der Waals surface area contributed by atoms with Crippen LogP contribution in [0.1, 0.15) is 21.5 Å². The first-order chi connectivity index (χ1) is 10.8. The lowest BCUT2D eigenvalue weighted by Crippen LogP contribution is -2.22. The molecule has 2 aromatic rings. The number of hydrogen-bond acceptors (Lipinski definition) is 3. The molecule has 0 bridgehead atoms. The molecule has 0 N–H and O–H groups in total. The van der Waals surface area contributed by atoms with Gasteiger partial charge in [0.25, 0.3) is 0 Å². The van der Waals surface area contributed by atoms with Gasteiger partial charge in [-0.25, -0.2) is 12.7 Å². The summed E-state index contributed by atoms with van der Waals surface area (Å²) in [5.41, 5.74) is 2.52. The summed E-state index contributed by atoms with van der Waals surface area (Å²) in [5, 5.41) is 0. The molecule has 0 spiro atoms. The SMILES string of the molecule is Cc1ccccc1/C=C/C(=O)c1ccc(S(=O)(=O)N(C)C)cc1. The minimum absolute atomic E-state index is 0.165. The van der Waals surface area contributed by atoms with Crippen LogP contribution in [-0.2, 0) is 10.0 Å². The molecule has 4 nitrogen and oxygen atoms in total. The van der Waals surface area contributed by atoms with Gasteiger partial charge in [0, 0.05) is 19.7 Å². The molecule has 0 fully saturated rings. The van der Waals surface area contributed by atoms with E-state index in [4.69, 9.17) is 0 Å². The van der Waals surface area contributed by atoms with E-state index in [0.717, 1.165) is 15.4 Å². The third kappa shape index (κ3) is 3.94. The van der Waals surface area contributed by atoms with Gasteiger partial charge in [-0.2, -0.15) is 0 Å². The van der Waals surface area contributed by atoms with Gasteiger partial charge in [-0.3, -0.25) is 4.79 Å². The van der Waals surface area contributed by atoms with Crippen molar-refractivity contribution in [3.05, 3.63) is 71.3 Å². The number of rotatable bonds is 5. The van der Waals surface area contributed by atoms with E-state index < -0.39 is 10.0 Å². The summed E-state index contributed by atoms with van der Waals surface area (Å²) in [4.78, 5) is 12.3. The maximum Gasteiger partial charge on any atom is 0.242 e. The van der Waals surface area contributed by atoms with Crippen LogP contribution in [0.15, 0.2) is 59.5 Å². The summed E-state index contributed by atoms with van der Waals surface area (Å²) in [5.74, 6) is -0.165. The van der Waals surface area contributed by atoms with Crippen LogP contribution in [0.4, 0.5) is 0 Å². The van der Waals surface area contributed by atoms with Crippen molar-refractivity contribution in [3.8, 4) is 0 Å². The molecule has 0 aliphatic heterocycles. The Morgan fingerprint density at radius 3 is 2.17 bits per heavy atom. The molecule has 0 aliphatic carbocycles. The van der Waals surface area contributed by atoms with Gasteiger partial charge in [-0.15, -0.1) is 0 Å². The van der Waals surface area contributed by atoms with Crippen molar-refractivity contribution < 1.29 is 13.2 Å². The molecule has 5 heteroatoms. The van der Waals surface area contributed by atoms with Gasteiger partial charge >= 0.3 is 0 Å². The Bertz CT molecular complexity index is 835. The van der Waals surface area contributed by atoms with Crippen molar-refractivity contribution in [2.24, 2.45) is 0 Å². The summed E-state index contributed by atoms with van der Waals surface area (Å²) in [7, 11) is -0.533. The molecule has 120 valence electrons. The van der Waals surface area contributed by atoms with E-state index in [1.807, 2.05) is 31.2 Å². The molecular formula is C18H19NO3S. The topological polar surface area (TPSA) is 54.5 Å². The monoisotopic (exact) mass is 329 g/mol. The fraction of sp³-hybridized carbons (Fsp3) is 0.167. The van der Waals surface area contributed by atoms with Gasteiger partial charge in [0.05, 0.1) is 4.90 Å². The molecule has 0 aliphatic rings. The van der Waals surface area contributed by atoms with Gasteiger partial charge in [-0.1, -0.05) is 30.3 Å². The second kappa shape index (κ2) is 6.89. The fourth-order valence-electron chi connectivity index (χ4n) is 2.04. The highest BCUT2D eigenvalue weighted by molar-refractivity contribution is 7.89. The lowest BCUT2D eigenvalue weighted by molar-refractivity contribution is 0.104. The minimum Gasteiger partial charge on any atom is -0.289 e. The molecule has 0 atom stereocenters. The molecule has 0 radical (unpaired) electrons. The van der Waals surface area contributed by atoms with E-state index in [-0.39, 0.29) is 10.7 Å². The highest BCUT2D eigenvalue weighted by Crippen LogP contribution is 2.15. The van der Waals surface area contributed by atoms with Crippen LogP contribution in [0.25, 0.3) is 6.08 Å². The maximum absolute atomic E-state index is 12.2. The molecule has 0 unspecified atom stereocenters. The van der Waals surface area contributed by atoms with Crippen LogP contribution in [0.3, 0.4) is 0 Å². The second-order valence-corrected chi connectivity index (χ2v) is 7.52. The standard InChI is InChI=1S/C18H19NO3S/c1-14-6-4-5-7-15(14)10-13-18(20)16-8-11-17(12-9-16)23(21,22)19(2)3/h4-13H,1-3H3/b13-10+. The molecule has 0 saturated heterocycles. The first-order valence-electron chi connectivity index (χ1n) is 7.13. The van der Waals surface area contributed by atoms with Crippen molar-refractivity contribution in [2.45, 2.75) is 11.8 Å². The highest BCUT2D eigenvalue weighted by atomic mass is 32.2. The Balaban J connectivity index is 2.20. The van der Waals surface area contributed by atoms with E-state index in [0.29, 0.717) is 5.56 Å². The van der Waals surface area contributed by atoms with Crippen molar-refractivity contribution in [1.82, 2.24) is 4.31 Å². The van der Waals surface area contributed by atoms with Crippen LogP contribution >= 0.6 is 0 Å². The van der Waals surface area contributed by atoms with Gasteiger partial charge in [0.1, 0.15) is 0 Å². The van der Waals surface area contributed by atoms with E-state index in [1.54, 1.807) is 6.08 Å². The average Bonchev–Trinajstić information content (AvgIpc) is 2.53. The molecule has 0 amide bonds. The summed E-state index contributed by atoms with van der Waals surface area (Å²) >= 11 is 0. The number of aryl methyl sites for hydroxylation is 1. The zero-order chi connectivity index (χ0) is 17.0. The van der Waals surface area contributed by atoms with Gasteiger partial charge in [-0.05, 0) is 48.4 Å². The maximum atomic E-state index is 12.2. The summed E-state index contributed by atoms with van der Waals surface area (Å²) < 4.78 is 25.1. The van der Waals surface area contributed by atoms with Crippen molar-refractivity contribution >= 4 is 21.9 Å². The molecule has 2 aromatic carbocycles. The van der Waals surface area contributed by atoms with E-state index >= 15 is 0 Å². The minimum atomic E-state index is -3.48. The number of ketones is 1. The Labute approximate surface area is 137 Å². The number of benzene rings is 2. The Hall–Kier alpha value is -2.24. The van der Waals surface area contributed by atoms with Gasteiger partial charge < -0.3 is 0 Å². The number of carbonyl (C=O) groups excluding carboxylic acids is 1. The predicted molar refractivity (Wildman–Crippen MR) is 91.9 cm³/mol. The molecule has 0 aromatic heterocycles. The van der Waals surface area contributed by atoms with Crippen LogP contribution in [0.2, 0.25) is 0 Å². The molecular weight excluding hydrogens is 310 g/mol. The molecule has 23 heavy (non-hydrogen) atoms. The Kier molecular flexibility index (Phi) is 5.13. The number of allylic oxidation sites excluding steroid dienone is 1. The third-order valence-electron chi connectivity index (χ3n) is 3.52. The van der Waals surface area contributed by atoms with Gasteiger partial charge in [0.15, 0.2) is 5.78 Å². The Morgan fingerprint density at radius 1 is 1.00 bits per heavy atom. The highest BCUT2D eigenvalue weighted by Gasteiger charge is 2.17. The number of carbonyl (C=O) groups is 1. The summed E-state index contributed by atoms with van der Waals surface area (Å²) in [6, 6.07) is 13.7. The van der Waals surface area contributed by atoms with Gasteiger partial charge in [0.2, 0.25) is 10.0 Å². The predicted octanol–water partition coefficient (Wildman–Crippen LogP) is 3.14. The van der Waals surface area contributed by atoms with Crippen molar-refractivity contribution in [3.63, 3.8) is 0 Å². The largest absolute Gasteiger partial charge is 0.289 e. The normalized spacial score (nSPS) is 12.0. The molecule has 0 heterocycles. The zero-order valence-corrected chi connectivity index (χ0v) is 14.2. The smallest absolute Gasteiger partial charge is 0.242 e. The third-order valence-corrected chi connectivity index (χ3v) is 5.35. The van der Waals surface area contributed by atoms with E-state index in [2.05, 4.69) is 0 Å². The van der Waals surface area contributed by atoms with Crippen LogP contribution in [-0.4, -0.2) is 32.6 Å². The van der Waals surface area contributed by atoms with E-state index in [9.17, 15) is 13.2 Å². The van der Waals surface area contributed by atoms with E-state index in [1.165, 1.54) is 44.4 Å². The first kappa shape index (κ1) is 17.1. The first-order valence-corrected chi connectivity index (χ1v) is 8.57. The van der Waals surface area contributed by atoms with Crippen LogP contribution in [0.5, 0.6) is 0 Å². The number of nitrogens with zero attached hydrogens (tertiary/aromatic N) is 1. The van der Waals surface area contributed by atoms with Crippen LogP contribution in [0, 0.1) is 6.92 Å². The summed E-state index contributed by atoms with van der Waals surface area (Å²) in [6.07, 6.45) is 3.26. The fourth-order valence-corrected chi connectivity index (χ4v) is 2.94. The summed E-state index contributed by atoms with van der Waals surface area (Å²) in [6.45, 7) is 1.98. The average molecular weight is 329 g/mol. The van der Waals surface area contributed by atoms with Crippen molar-refractivity contribution in [1.29, 1.82) is 0 Å². The zero-order valence-electron chi connectivity index (χ0n) is 13.4. The van der Waals surface area contributed by atoms with Crippen LogP contribution < -0.4 is 0 Å². The Morgan fingerprint density at radius 2 is 1.61 bits per heavy atom. The number of sulfonamides is 1. The molecule has 0 saturated carbocycles. The second-order valence-electron chi connectivity index (χ2n) is 5.37. The number of hydrogen-bond donors (Lipinski definition) is 0. The molecule has 2 rings (SSSR count). The lowest BCUT2D eigenvalue weighted by Gasteiger charge is -2.11.